The summed E-state index contributed by atoms with van der Waals surface area (Å²) in [5, 5.41) is 16.4. The van der Waals surface area contributed by atoms with E-state index in [1.54, 1.807) is 6.07 Å². The third kappa shape index (κ3) is 4.56. The Balaban J connectivity index is 1.33. The van der Waals surface area contributed by atoms with Gasteiger partial charge in [0.25, 0.3) is 0 Å². The van der Waals surface area contributed by atoms with Crippen molar-refractivity contribution in [3.8, 4) is 0 Å². The second kappa shape index (κ2) is 9.29. The first-order chi connectivity index (χ1) is 16.1. The average Bonchev–Trinajstić information content (AvgIpc) is 3.20. The third-order valence-corrected chi connectivity index (χ3v) is 8.11. The molecule has 0 radical (unpaired) electrons. The predicted octanol–water partition coefficient (Wildman–Crippen LogP) is 3.51. The number of fused-ring (bicyclic) bond motifs is 3. The van der Waals surface area contributed by atoms with Crippen molar-refractivity contribution in [3.63, 3.8) is 0 Å². The number of aliphatic imine (C=N–C) groups is 1. The molecule has 0 spiro atoms. The number of aromatic nitrogens is 1. The summed E-state index contributed by atoms with van der Waals surface area (Å²) in [6.45, 7) is 2.88. The first-order valence-corrected chi connectivity index (χ1v) is 12.4. The van der Waals surface area contributed by atoms with Crippen LogP contribution in [0.2, 0.25) is 0 Å². The summed E-state index contributed by atoms with van der Waals surface area (Å²) in [7, 11) is 0. The lowest BCUT2D eigenvalue weighted by molar-refractivity contribution is -0.939. The van der Waals surface area contributed by atoms with Gasteiger partial charge in [-0.1, -0.05) is 61.2 Å². The van der Waals surface area contributed by atoms with Crippen molar-refractivity contribution in [3.05, 3.63) is 48.2 Å². The van der Waals surface area contributed by atoms with E-state index < -0.39 is 5.41 Å². The minimum Gasteiger partial charge on any atom is -0.858 e. The lowest BCUT2D eigenvalue weighted by Crippen LogP contribution is -2.67. The maximum Gasteiger partial charge on any atom is 0.317 e. The number of esters is 1. The van der Waals surface area contributed by atoms with Crippen LogP contribution in [0.1, 0.15) is 56.9 Å². The van der Waals surface area contributed by atoms with Gasteiger partial charge in [-0.2, -0.15) is 0 Å². The van der Waals surface area contributed by atoms with Gasteiger partial charge >= 0.3 is 5.97 Å². The number of hydrogen-bond acceptors (Lipinski definition) is 6. The van der Waals surface area contributed by atoms with Gasteiger partial charge in [-0.25, -0.2) is 4.99 Å². The van der Waals surface area contributed by atoms with Crippen molar-refractivity contribution >= 4 is 17.7 Å². The lowest BCUT2D eigenvalue weighted by Gasteiger charge is -2.53. The second-order valence-corrected chi connectivity index (χ2v) is 10.1. The number of carbonyl (C=O) groups excluding carboxylic acids is 1. The highest BCUT2D eigenvalue weighted by molar-refractivity contribution is 5.83. The van der Waals surface area contributed by atoms with E-state index >= 15 is 0 Å². The fraction of sp³-hybridized carbons (Fsp3) is 0.577. The summed E-state index contributed by atoms with van der Waals surface area (Å²) in [5.74, 6) is 0.436. The van der Waals surface area contributed by atoms with E-state index in [1.165, 1.54) is 19.1 Å². The molecule has 4 fully saturated rings. The topological polar surface area (TPSA) is 87.8 Å². The predicted molar refractivity (Wildman–Crippen MR) is 122 cm³/mol. The number of benzene rings is 1. The first kappa shape index (κ1) is 22.1. The van der Waals surface area contributed by atoms with Crippen molar-refractivity contribution in [1.29, 1.82) is 0 Å². The van der Waals surface area contributed by atoms with Crippen LogP contribution in [-0.2, 0) is 14.9 Å². The molecule has 7 heteroatoms. The molecule has 176 valence electrons. The number of piperidine rings is 3. The van der Waals surface area contributed by atoms with Crippen LogP contribution in [-0.4, -0.2) is 53.8 Å². The number of rotatable bonds is 6. The summed E-state index contributed by atoms with van der Waals surface area (Å²) >= 11 is 0. The zero-order valence-electron chi connectivity index (χ0n) is 19.2. The molecule has 2 bridgehead atoms. The van der Waals surface area contributed by atoms with Gasteiger partial charge in [-0.05, 0) is 18.4 Å². The molecule has 3 aliphatic heterocycles. The normalized spacial score (nSPS) is 29.4. The maximum absolute atomic E-state index is 13.8. The number of quaternary nitrogens is 1. The molecule has 0 amide bonds. The van der Waals surface area contributed by atoms with Crippen LogP contribution in [0, 0.1) is 5.92 Å². The van der Waals surface area contributed by atoms with Crippen LogP contribution >= 0.6 is 0 Å². The second-order valence-electron chi connectivity index (χ2n) is 10.1. The van der Waals surface area contributed by atoms with Crippen LogP contribution in [0.3, 0.4) is 0 Å². The molecule has 1 aliphatic carbocycles. The van der Waals surface area contributed by atoms with E-state index in [-0.39, 0.29) is 18.0 Å². The Hall–Kier alpha value is -2.67. The molecule has 1 aromatic heterocycles. The Labute approximate surface area is 195 Å². The van der Waals surface area contributed by atoms with Crippen molar-refractivity contribution in [2.75, 3.05) is 26.2 Å². The van der Waals surface area contributed by atoms with Gasteiger partial charge in [-0.3, -0.25) is 4.79 Å². The molecular formula is C26H33N3O4. The molecule has 7 nitrogen and oxygen atoms in total. The van der Waals surface area contributed by atoms with Crippen molar-refractivity contribution in [2.24, 2.45) is 10.9 Å². The van der Waals surface area contributed by atoms with E-state index in [0.717, 1.165) is 57.2 Å². The smallest absolute Gasteiger partial charge is 0.317 e. The highest BCUT2D eigenvalue weighted by Crippen LogP contribution is 2.42. The molecule has 4 heterocycles. The average molecular weight is 452 g/mol. The Bertz CT molecular complexity index is 957. The SMILES string of the molecule is O=C(O[C@H]1C[N+]2(CC([O-])=Nc3ccon3)CCC1CC2)C1(c2ccccc2)CCCCCC1. The zero-order chi connectivity index (χ0) is 22.7. The Morgan fingerprint density at radius 3 is 2.52 bits per heavy atom. The summed E-state index contributed by atoms with van der Waals surface area (Å²) in [6, 6.07) is 11.8. The van der Waals surface area contributed by atoms with Crippen molar-refractivity contribution in [2.45, 2.75) is 62.9 Å². The number of ether oxygens (including phenoxy) is 1. The van der Waals surface area contributed by atoms with Crippen LogP contribution in [0.5, 0.6) is 0 Å². The quantitative estimate of drug-likeness (QED) is 0.221. The fourth-order valence-corrected chi connectivity index (χ4v) is 6.24. The Morgan fingerprint density at radius 1 is 1.12 bits per heavy atom. The Kier molecular flexibility index (Phi) is 6.23. The fourth-order valence-electron chi connectivity index (χ4n) is 6.24. The standard InChI is InChI=1S/C26H33N3O4/c30-24(27-23-12-17-32-28-23)19-29-15-10-20(11-16-29)22(18-29)33-25(31)26(13-6-1-2-7-14-26)21-8-4-3-5-9-21/h3-5,8-9,12,17,20,22H,1-2,6-7,10-11,13-16,18-19H2/t20?,22-,29?/m0/s1. The Morgan fingerprint density at radius 2 is 1.85 bits per heavy atom. The highest BCUT2D eigenvalue weighted by Gasteiger charge is 2.50. The van der Waals surface area contributed by atoms with Crippen LogP contribution in [0.4, 0.5) is 5.82 Å². The molecule has 6 rings (SSSR count). The van der Waals surface area contributed by atoms with E-state index in [1.807, 2.05) is 18.2 Å². The molecule has 1 aromatic carbocycles. The van der Waals surface area contributed by atoms with Gasteiger partial charge in [-0.15, -0.1) is 0 Å². The summed E-state index contributed by atoms with van der Waals surface area (Å²) in [6.07, 6.45) is 9.38. The largest absolute Gasteiger partial charge is 0.858 e. The van der Waals surface area contributed by atoms with Gasteiger partial charge in [0.15, 0.2) is 11.9 Å². The third-order valence-electron chi connectivity index (χ3n) is 8.11. The molecular weight excluding hydrogens is 418 g/mol. The number of carbonyl (C=O) groups is 1. The molecule has 2 aromatic rings. The van der Waals surface area contributed by atoms with Crippen LogP contribution < -0.4 is 5.11 Å². The monoisotopic (exact) mass is 451 g/mol. The molecule has 33 heavy (non-hydrogen) atoms. The zero-order valence-corrected chi connectivity index (χ0v) is 19.2. The minimum atomic E-state index is -0.549. The summed E-state index contributed by atoms with van der Waals surface area (Å²) in [5.41, 5.74) is 0.538. The molecule has 4 aliphatic rings. The minimum absolute atomic E-state index is 0.0638. The molecule has 0 unspecified atom stereocenters. The van der Waals surface area contributed by atoms with Crippen LogP contribution in [0.15, 0.2) is 52.2 Å². The summed E-state index contributed by atoms with van der Waals surface area (Å²) < 4.78 is 11.8. The van der Waals surface area contributed by atoms with E-state index in [2.05, 4.69) is 22.3 Å². The van der Waals surface area contributed by atoms with E-state index in [9.17, 15) is 9.90 Å². The lowest BCUT2D eigenvalue weighted by atomic mass is 9.74. The number of nitrogens with zero attached hydrogens (tertiary/aromatic N) is 3. The van der Waals surface area contributed by atoms with Crippen molar-refractivity contribution in [1.82, 2.24) is 5.16 Å². The van der Waals surface area contributed by atoms with Crippen LogP contribution in [0.25, 0.3) is 0 Å². The van der Waals surface area contributed by atoms with E-state index in [4.69, 9.17) is 9.26 Å². The van der Waals surface area contributed by atoms with Gasteiger partial charge in [0.1, 0.15) is 19.4 Å². The first-order valence-electron chi connectivity index (χ1n) is 12.4. The summed E-state index contributed by atoms with van der Waals surface area (Å²) in [4.78, 5) is 17.9. The molecule has 3 saturated heterocycles. The molecule has 1 saturated carbocycles. The van der Waals surface area contributed by atoms with Crippen molar-refractivity contribution < 1.29 is 23.6 Å². The van der Waals surface area contributed by atoms with Gasteiger partial charge < -0.3 is 18.8 Å². The van der Waals surface area contributed by atoms with Gasteiger partial charge in [0, 0.05) is 30.7 Å². The van der Waals surface area contributed by atoms with Gasteiger partial charge in [0.2, 0.25) is 0 Å². The van der Waals surface area contributed by atoms with Gasteiger partial charge in [0.05, 0.1) is 18.5 Å². The van der Waals surface area contributed by atoms with E-state index in [0.29, 0.717) is 29.3 Å². The maximum atomic E-state index is 13.8. The molecule has 1 atom stereocenters. The molecule has 0 N–H and O–H groups in total. The number of hydrogen-bond donors (Lipinski definition) is 0. The highest BCUT2D eigenvalue weighted by atomic mass is 16.5.